The zero-order chi connectivity index (χ0) is 16.7. The van der Waals surface area contributed by atoms with Crippen LogP contribution < -0.4 is 4.74 Å². The van der Waals surface area contributed by atoms with Gasteiger partial charge in [0.25, 0.3) is 5.91 Å². The van der Waals surface area contributed by atoms with Gasteiger partial charge in [-0.2, -0.15) is 0 Å². The van der Waals surface area contributed by atoms with E-state index in [1.807, 2.05) is 35.4 Å². The van der Waals surface area contributed by atoms with Crippen LogP contribution in [0.2, 0.25) is 0 Å². The Morgan fingerprint density at radius 2 is 1.96 bits per heavy atom. The van der Waals surface area contributed by atoms with Gasteiger partial charge < -0.3 is 14.2 Å². The molecule has 1 aromatic heterocycles. The molecule has 1 amide bonds. The molecule has 0 spiro atoms. The molecule has 0 bridgehead atoms. The standard InChI is InChI=1S/C19H23N3O2/c1-13-9-20-18(22(13)10-14-3-4-14)16-11-21(12-16)19(23)15-5-7-17(24-2)8-6-15/h5-9,14,16H,3-4,10-12H2,1-2H3. The van der Waals surface area contributed by atoms with Crippen LogP contribution in [0.4, 0.5) is 0 Å². The van der Waals surface area contributed by atoms with Gasteiger partial charge in [0.15, 0.2) is 0 Å². The van der Waals surface area contributed by atoms with Gasteiger partial charge in [-0.25, -0.2) is 4.98 Å². The van der Waals surface area contributed by atoms with Gasteiger partial charge in [0.1, 0.15) is 11.6 Å². The second-order valence-electron chi connectivity index (χ2n) is 6.95. The van der Waals surface area contributed by atoms with Gasteiger partial charge >= 0.3 is 0 Å². The van der Waals surface area contributed by atoms with E-state index in [9.17, 15) is 4.79 Å². The summed E-state index contributed by atoms with van der Waals surface area (Å²) in [6, 6.07) is 7.31. The SMILES string of the molecule is COc1ccc(C(=O)N2CC(c3ncc(C)n3CC3CC3)C2)cc1. The van der Waals surface area contributed by atoms with Crippen LogP contribution in [-0.2, 0) is 6.54 Å². The van der Waals surface area contributed by atoms with E-state index in [4.69, 9.17) is 4.74 Å². The third-order valence-electron chi connectivity index (χ3n) is 5.09. The maximum absolute atomic E-state index is 12.5. The van der Waals surface area contributed by atoms with E-state index in [0.29, 0.717) is 11.5 Å². The molecule has 5 heteroatoms. The largest absolute Gasteiger partial charge is 0.497 e. The molecular weight excluding hydrogens is 302 g/mol. The lowest BCUT2D eigenvalue weighted by Gasteiger charge is -2.39. The molecule has 1 saturated heterocycles. The molecule has 1 saturated carbocycles. The minimum Gasteiger partial charge on any atom is -0.497 e. The van der Waals surface area contributed by atoms with E-state index in [2.05, 4.69) is 16.5 Å². The number of imidazole rings is 1. The number of aryl methyl sites for hydroxylation is 1. The van der Waals surface area contributed by atoms with Gasteiger partial charge in [-0.1, -0.05) is 0 Å². The molecule has 126 valence electrons. The van der Waals surface area contributed by atoms with Gasteiger partial charge in [0, 0.05) is 37.1 Å². The lowest BCUT2D eigenvalue weighted by atomic mass is 9.97. The highest BCUT2D eigenvalue weighted by Crippen LogP contribution is 2.34. The number of aromatic nitrogens is 2. The number of carbonyl (C=O) groups excluding carboxylic acids is 1. The van der Waals surface area contributed by atoms with Crippen molar-refractivity contribution in [1.82, 2.24) is 14.5 Å². The Bertz CT molecular complexity index is 740. The highest BCUT2D eigenvalue weighted by Gasteiger charge is 2.36. The summed E-state index contributed by atoms with van der Waals surface area (Å²) >= 11 is 0. The first-order chi connectivity index (χ1) is 11.7. The Morgan fingerprint density at radius 1 is 1.25 bits per heavy atom. The molecule has 2 fully saturated rings. The maximum Gasteiger partial charge on any atom is 0.253 e. The molecule has 2 aromatic rings. The summed E-state index contributed by atoms with van der Waals surface area (Å²) in [6.07, 6.45) is 4.64. The first kappa shape index (κ1) is 15.2. The Hall–Kier alpha value is -2.30. The van der Waals surface area contributed by atoms with Gasteiger partial charge in [-0.3, -0.25) is 4.79 Å². The smallest absolute Gasteiger partial charge is 0.253 e. The van der Waals surface area contributed by atoms with E-state index < -0.39 is 0 Å². The number of ether oxygens (including phenoxy) is 1. The monoisotopic (exact) mass is 325 g/mol. The molecule has 2 heterocycles. The average Bonchev–Trinajstić information content (AvgIpc) is 3.31. The molecule has 4 rings (SSSR count). The normalized spacial score (nSPS) is 17.7. The number of benzene rings is 1. The fraction of sp³-hybridized carbons (Fsp3) is 0.474. The number of hydrogen-bond donors (Lipinski definition) is 0. The molecule has 24 heavy (non-hydrogen) atoms. The Balaban J connectivity index is 1.41. The van der Waals surface area contributed by atoms with E-state index in [0.717, 1.165) is 37.1 Å². The fourth-order valence-electron chi connectivity index (χ4n) is 3.33. The summed E-state index contributed by atoms with van der Waals surface area (Å²) in [7, 11) is 1.63. The van der Waals surface area contributed by atoms with Gasteiger partial charge in [0.05, 0.1) is 13.0 Å². The number of hydrogen-bond acceptors (Lipinski definition) is 3. The van der Waals surface area contributed by atoms with Crippen molar-refractivity contribution in [2.45, 2.75) is 32.2 Å². The number of rotatable bonds is 5. The first-order valence-electron chi connectivity index (χ1n) is 8.61. The minimum atomic E-state index is 0.0888. The number of nitrogens with zero attached hydrogens (tertiary/aromatic N) is 3. The number of likely N-dealkylation sites (tertiary alicyclic amines) is 1. The van der Waals surface area contributed by atoms with Crippen LogP contribution in [0.15, 0.2) is 30.5 Å². The number of amides is 1. The Kier molecular flexibility index (Phi) is 3.79. The predicted octanol–water partition coefficient (Wildman–Crippen LogP) is 2.85. The first-order valence-corrected chi connectivity index (χ1v) is 8.61. The van der Waals surface area contributed by atoms with Crippen molar-refractivity contribution < 1.29 is 9.53 Å². The molecule has 0 N–H and O–H groups in total. The predicted molar refractivity (Wildman–Crippen MR) is 91.3 cm³/mol. The van der Waals surface area contributed by atoms with Gasteiger partial charge in [0.2, 0.25) is 0 Å². The van der Waals surface area contributed by atoms with Crippen LogP contribution in [-0.4, -0.2) is 40.6 Å². The minimum absolute atomic E-state index is 0.0888. The summed E-state index contributed by atoms with van der Waals surface area (Å²) in [5, 5.41) is 0. The van der Waals surface area contributed by atoms with Crippen LogP contribution in [0, 0.1) is 12.8 Å². The summed E-state index contributed by atoms with van der Waals surface area (Å²) in [5.41, 5.74) is 1.95. The molecule has 1 aliphatic heterocycles. The van der Waals surface area contributed by atoms with Crippen LogP contribution >= 0.6 is 0 Å². The van der Waals surface area contributed by atoms with Crippen LogP contribution in [0.5, 0.6) is 5.75 Å². The summed E-state index contributed by atoms with van der Waals surface area (Å²) in [4.78, 5) is 19.1. The summed E-state index contributed by atoms with van der Waals surface area (Å²) in [6.45, 7) is 4.72. The van der Waals surface area contributed by atoms with Crippen LogP contribution in [0.3, 0.4) is 0 Å². The van der Waals surface area contributed by atoms with Crippen molar-refractivity contribution in [1.29, 1.82) is 0 Å². The van der Waals surface area contributed by atoms with Gasteiger partial charge in [-0.15, -0.1) is 0 Å². The van der Waals surface area contributed by atoms with Crippen molar-refractivity contribution in [2.75, 3.05) is 20.2 Å². The van der Waals surface area contributed by atoms with Crippen molar-refractivity contribution in [3.8, 4) is 5.75 Å². The molecule has 0 radical (unpaired) electrons. The third-order valence-corrected chi connectivity index (χ3v) is 5.09. The quantitative estimate of drug-likeness (QED) is 0.849. The van der Waals surface area contributed by atoms with E-state index >= 15 is 0 Å². The van der Waals surface area contributed by atoms with Crippen LogP contribution in [0.1, 0.15) is 40.6 Å². The van der Waals surface area contributed by atoms with E-state index in [-0.39, 0.29) is 5.91 Å². The third kappa shape index (κ3) is 2.79. The van der Waals surface area contributed by atoms with Crippen molar-refractivity contribution in [2.24, 2.45) is 5.92 Å². The highest BCUT2D eigenvalue weighted by atomic mass is 16.5. The zero-order valence-electron chi connectivity index (χ0n) is 14.2. The van der Waals surface area contributed by atoms with Crippen molar-refractivity contribution >= 4 is 5.91 Å². The molecule has 2 aliphatic rings. The Labute approximate surface area is 142 Å². The average molecular weight is 325 g/mol. The molecule has 0 unspecified atom stereocenters. The summed E-state index contributed by atoms with van der Waals surface area (Å²) < 4.78 is 7.50. The molecule has 1 aliphatic carbocycles. The lowest BCUT2D eigenvalue weighted by Crippen LogP contribution is -2.49. The van der Waals surface area contributed by atoms with Crippen LogP contribution in [0.25, 0.3) is 0 Å². The molecule has 5 nitrogen and oxygen atoms in total. The second-order valence-corrected chi connectivity index (χ2v) is 6.95. The van der Waals surface area contributed by atoms with E-state index in [1.54, 1.807) is 7.11 Å². The van der Waals surface area contributed by atoms with Crippen molar-refractivity contribution in [3.63, 3.8) is 0 Å². The Morgan fingerprint density at radius 3 is 2.58 bits per heavy atom. The second kappa shape index (κ2) is 5.96. The molecule has 0 atom stereocenters. The summed E-state index contributed by atoms with van der Waals surface area (Å²) in [5.74, 6) is 3.20. The molecule has 1 aromatic carbocycles. The van der Waals surface area contributed by atoms with Gasteiger partial charge in [-0.05, 0) is 49.9 Å². The number of methoxy groups -OCH3 is 1. The lowest BCUT2D eigenvalue weighted by molar-refractivity contribution is 0.0590. The fourth-order valence-corrected chi connectivity index (χ4v) is 3.33. The zero-order valence-corrected chi connectivity index (χ0v) is 14.2. The number of carbonyl (C=O) groups is 1. The maximum atomic E-state index is 12.5. The molecular formula is C19H23N3O2. The highest BCUT2D eigenvalue weighted by molar-refractivity contribution is 5.95. The topological polar surface area (TPSA) is 47.4 Å². The van der Waals surface area contributed by atoms with E-state index in [1.165, 1.54) is 18.5 Å². The van der Waals surface area contributed by atoms with Crippen molar-refractivity contribution in [3.05, 3.63) is 47.5 Å².